The Labute approximate surface area is 472 Å². The Bertz CT molecular complexity index is 1730. The number of hydrogen-bond acceptors (Lipinski definition) is 20. The average molecular weight is 1110 g/mol. The molecule has 0 spiro atoms. The minimum absolute atomic E-state index is 0.0118. The minimum atomic E-state index is -0.294. The molecule has 20 nitrogen and oxygen atoms in total. The van der Waals surface area contributed by atoms with E-state index >= 15 is 0 Å². The highest BCUT2D eigenvalue weighted by atomic mass is 16.2. The number of carbonyl (C=O) groups excluding carboxylic acids is 10. The van der Waals surface area contributed by atoms with Crippen LogP contribution in [-0.2, 0) is 43.2 Å². The van der Waals surface area contributed by atoms with Gasteiger partial charge in [-0.2, -0.15) is 0 Å². The van der Waals surface area contributed by atoms with Gasteiger partial charge in [-0.05, 0) is 163 Å². The van der Waals surface area contributed by atoms with Crippen molar-refractivity contribution in [3.63, 3.8) is 0 Å². The first-order chi connectivity index (χ1) is 36.7. The van der Waals surface area contributed by atoms with Gasteiger partial charge < -0.3 is 53.2 Å². The summed E-state index contributed by atoms with van der Waals surface area (Å²) in [4.78, 5) is 106. The van der Waals surface area contributed by atoms with E-state index < -0.39 is 0 Å². The number of carbonyl (C=O) groups is 9. The van der Waals surface area contributed by atoms with Crippen LogP contribution in [0.25, 0.3) is 0 Å². The Hall–Kier alpha value is -5.02. The lowest BCUT2D eigenvalue weighted by molar-refractivity contribution is -0.123. The van der Waals surface area contributed by atoms with Crippen molar-refractivity contribution < 1.29 is 47.9 Å². The number of ketones is 9. The first-order valence-corrected chi connectivity index (χ1v) is 27.4. The molecule has 0 saturated carbocycles. The third-order valence-corrected chi connectivity index (χ3v) is 11.2. The molecule has 6 atom stereocenters. The molecule has 78 heavy (non-hydrogen) atoms. The van der Waals surface area contributed by atoms with Crippen molar-refractivity contribution in [2.75, 3.05) is 93.2 Å². The number of hydrogen-bond donors (Lipinski definition) is 10. The Morgan fingerprint density at radius 2 is 0.910 bits per heavy atom. The molecule has 0 amide bonds. The Kier molecular flexibility index (Phi) is 68.1. The molecular weight excluding hydrogens is 997 g/mol. The van der Waals surface area contributed by atoms with E-state index in [9.17, 15) is 43.2 Å². The maximum Gasteiger partial charge on any atom is 0.162 e. The highest BCUT2D eigenvalue weighted by Crippen LogP contribution is 2.20. The summed E-state index contributed by atoms with van der Waals surface area (Å²) in [7, 11) is 14.4. The fourth-order valence-corrected chi connectivity index (χ4v) is 6.15. The van der Waals surface area contributed by atoms with Gasteiger partial charge in [-0.25, -0.2) is 4.79 Å². The highest BCUT2D eigenvalue weighted by Gasteiger charge is 2.15. The van der Waals surface area contributed by atoms with Gasteiger partial charge in [0.1, 0.15) is 52.2 Å². The number of Topliss-reactive ketones (excluding diaryl/α,β-unsaturated/α-hetero) is 9. The van der Waals surface area contributed by atoms with Crippen molar-refractivity contribution in [3.05, 3.63) is 30.3 Å². The van der Waals surface area contributed by atoms with Crippen molar-refractivity contribution in [2.45, 2.75) is 190 Å². The van der Waals surface area contributed by atoms with E-state index in [1.54, 1.807) is 35.1 Å². The second kappa shape index (κ2) is 61.2. The summed E-state index contributed by atoms with van der Waals surface area (Å²) < 4.78 is 0. The molecule has 0 aliphatic carbocycles. The van der Waals surface area contributed by atoms with Crippen molar-refractivity contribution in [1.29, 1.82) is 0 Å². The van der Waals surface area contributed by atoms with Crippen molar-refractivity contribution in [3.8, 4) is 0 Å². The van der Waals surface area contributed by atoms with Crippen LogP contribution in [0.2, 0.25) is 0 Å². The van der Waals surface area contributed by atoms with E-state index in [1.165, 1.54) is 33.6 Å². The van der Waals surface area contributed by atoms with Gasteiger partial charge in [-0.15, -0.1) is 0 Å². The topological polar surface area (TPSA) is 291 Å². The molecule has 0 aliphatic heterocycles. The van der Waals surface area contributed by atoms with Crippen LogP contribution >= 0.6 is 0 Å². The van der Waals surface area contributed by atoms with Crippen molar-refractivity contribution >= 4 is 69.4 Å². The third-order valence-electron chi connectivity index (χ3n) is 11.2. The Morgan fingerprint density at radius 1 is 0.500 bits per heavy atom. The second-order valence-electron chi connectivity index (χ2n) is 17.9. The molecule has 1 rings (SSSR count). The zero-order valence-electron chi connectivity index (χ0n) is 52.4. The molecule has 454 valence electrons. The van der Waals surface area contributed by atoms with Crippen LogP contribution in [0.3, 0.4) is 0 Å². The number of anilines is 2. The zero-order chi connectivity index (χ0) is 62.2. The molecule has 0 heterocycles. The number of rotatable bonds is 33. The fraction of sp³-hybridized carbons (Fsp3) is 0.707. The average Bonchev–Trinajstić information content (AvgIpc) is 3.41. The molecule has 1 aromatic carbocycles. The van der Waals surface area contributed by atoms with Gasteiger partial charge in [0.2, 0.25) is 0 Å². The summed E-state index contributed by atoms with van der Waals surface area (Å²) in [5.74, 6) is 2.63. The summed E-state index contributed by atoms with van der Waals surface area (Å²) >= 11 is 0. The summed E-state index contributed by atoms with van der Waals surface area (Å²) in [5.41, 5.74) is 2.77. The monoisotopic (exact) mass is 1110 g/mol. The van der Waals surface area contributed by atoms with Crippen LogP contribution < -0.4 is 53.2 Å². The van der Waals surface area contributed by atoms with E-state index in [4.69, 9.17) is 4.79 Å². The molecule has 0 fully saturated rings. The standard InChI is InChI=1S/C13H20N2O.C10H22N2O.2C7H13NO2.C7H15NO.C6H14N2O.C6H13NO.C2H2O/c1-4-13(16)10-7-11(14-5-2)9-12(8-10)15-6-3;1-4-10(13)9(12-3)7-5-6-8-11-2;2*1-5(9)4-7(8-3)6(2)10;1-4-7(9)5-6(2)8-3;1-5(9)6(8-3)4-7-2;1-4-6(8)5(2)7-3;1-2-3/h7-9,14-15H,4-6H2,1-3H3;9,11-12H,4-8H2,1-3H3;2*7-8H,4H2,1-3H3;6,8H,4-5H2,1-3H3;6-8H,4H2,1-3H3;5,7H,4H2,1-3H3;1H2. The molecule has 0 aromatic heterocycles. The second-order valence-corrected chi connectivity index (χ2v) is 17.9. The summed E-state index contributed by atoms with van der Waals surface area (Å²) in [6.45, 7) is 29.2. The number of unbranched alkanes of at least 4 members (excludes halogenated alkanes) is 1. The van der Waals surface area contributed by atoms with Crippen LogP contribution in [0.15, 0.2) is 24.8 Å². The van der Waals surface area contributed by atoms with Crippen molar-refractivity contribution in [1.82, 2.24) is 42.5 Å². The molecule has 0 radical (unpaired) electrons. The summed E-state index contributed by atoms with van der Waals surface area (Å²) in [6, 6.07) is 5.66. The third kappa shape index (κ3) is 57.2. The lowest BCUT2D eigenvalue weighted by atomic mass is 10.0. The number of likely N-dealkylation sites (N-methyl/N-ethyl adjacent to an activating group) is 6. The SMILES string of the molecule is C=C=O.CCC(=O)C(C)NC.CCC(=O)C(CCCCNC)NC.CCC(=O)CC(C)NC.CCNc1cc(NCC)cc(C(=O)CC)c1.CNC(CC(C)=O)C(C)=O.CNC(CC(C)=O)C(C)=O.CNCC(NC)C(C)=O. The van der Waals surface area contributed by atoms with Crippen molar-refractivity contribution in [2.24, 2.45) is 0 Å². The van der Waals surface area contributed by atoms with Gasteiger partial charge in [0.25, 0.3) is 0 Å². The first kappa shape index (κ1) is 86.9. The molecular formula is C58H112N10O10. The Morgan fingerprint density at radius 3 is 1.14 bits per heavy atom. The predicted octanol–water partition coefficient (Wildman–Crippen LogP) is 5.29. The quantitative estimate of drug-likeness (QED) is 0.0243. The van der Waals surface area contributed by atoms with Crippen LogP contribution in [0.4, 0.5) is 11.4 Å². The predicted molar refractivity (Wildman–Crippen MR) is 324 cm³/mol. The normalized spacial score (nSPS) is 12.0. The van der Waals surface area contributed by atoms with Crippen LogP contribution in [0.1, 0.15) is 165 Å². The highest BCUT2D eigenvalue weighted by molar-refractivity contribution is 5.98. The van der Waals surface area contributed by atoms with E-state index in [1.807, 2.05) is 102 Å². The lowest BCUT2D eigenvalue weighted by Gasteiger charge is -2.13. The number of benzene rings is 1. The van der Waals surface area contributed by atoms with Gasteiger partial charge in [0.15, 0.2) is 5.78 Å². The zero-order valence-corrected chi connectivity index (χ0v) is 52.4. The molecule has 0 aliphatic rings. The molecule has 0 bridgehead atoms. The van der Waals surface area contributed by atoms with Gasteiger partial charge in [0.05, 0.1) is 30.2 Å². The molecule has 10 N–H and O–H groups in total. The van der Waals surface area contributed by atoms with Crippen LogP contribution in [0.5, 0.6) is 0 Å². The number of nitrogens with one attached hydrogen (secondary N) is 10. The Balaban J connectivity index is -0.000000151. The van der Waals surface area contributed by atoms with Gasteiger partial charge in [-0.1, -0.05) is 34.1 Å². The van der Waals surface area contributed by atoms with Crippen LogP contribution in [-0.4, -0.2) is 177 Å². The molecule has 0 saturated heterocycles. The fourth-order valence-electron chi connectivity index (χ4n) is 6.15. The maximum atomic E-state index is 11.7. The van der Waals surface area contributed by atoms with Gasteiger partial charge in [0, 0.05) is 87.6 Å². The summed E-state index contributed by atoms with van der Waals surface area (Å²) in [5, 5.41) is 29.8. The molecule has 1 aromatic rings. The first-order valence-electron chi connectivity index (χ1n) is 27.4. The van der Waals surface area contributed by atoms with E-state index in [0.717, 1.165) is 55.8 Å². The smallest absolute Gasteiger partial charge is 0.162 e. The van der Waals surface area contributed by atoms with E-state index in [2.05, 4.69) is 59.7 Å². The van der Waals surface area contributed by atoms with Gasteiger partial charge in [-0.3, -0.25) is 43.2 Å². The van der Waals surface area contributed by atoms with E-state index in [0.29, 0.717) is 69.1 Å². The molecule has 6 unspecified atom stereocenters. The van der Waals surface area contributed by atoms with Gasteiger partial charge >= 0.3 is 0 Å². The minimum Gasteiger partial charge on any atom is -0.385 e. The van der Waals surface area contributed by atoms with E-state index in [-0.39, 0.29) is 70.7 Å². The maximum absolute atomic E-state index is 11.7. The largest absolute Gasteiger partial charge is 0.385 e. The molecule has 20 heteroatoms. The van der Waals surface area contributed by atoms with Crippen LogP contribution in [0, 0.1) is 0 Å². The summed E-state index contributed by atoms with van der Waals surface area (Å²) in [6.07, 6.45) is 6.94. The lowest BCUT2D eigenvalue weighted by Crippen LogP contribution is -2.40.